The second kappa shape index (κ2) is 32.0. The Labute approximate surface area is 278 Å². The summed E-state index contributed by atoms with van der Waals surface area (Å²) in [5.41, 5.74) is 0. The zero-order chi connectivity index (χ0) is 34.1. The topological polar surface area (TPSA) is 149 Å². The predicted molar refractivity (Wildman–Crippen MR) is 182 cm³/mol. The van der Waals surface area contributed by atoms with Gasteiger partial charge in [0.25, 0.3) is 0 Å². The number of ether oxygens (including phenoxy) is 2. The Morgan fingerprint density at radius 2 is 1.15 bits per heavy atom. The van der Waals surface area contributed by atoms with Crippen molar-refractivity contribution in [1.82, 2.24) is 0 Å². The van der Waals surface area contributed by atoms with Gasteiger partial charge in [0.05, 0.1) is 19.8 Å². The molecular formula is C35H65O10P. The summed E-state index contributed by atoms with van der Waals surface area (Å²) in [6.07, 6.45) is 27.3. The van der Waals surface area contributed by atoms with Crippen LogP contribution in [0.5, 0.6) is 0 Å². The number of hydrogen-bond donors (Lipinski definition) is 3. The number of rotatable bonds is 33. The number of carbonyl (C=O) groups is 2. The standard InChI is InChI=1S/C35H65O10P/c1-3-5-7-9-11-13-14-15-16-17-19-21-23-25-27-35(39)45-33(31-44-46(40,41)43-29-32(37)28-36)30-42-34(38)26-24-22-20-18-12-10-8-6-4-2/h9,11,14-15,32-33,36-37H,3-8,10,12-13,16-31H2,1-2H3,(H,40,41)/b11-9-,15-14-/t32-,33+/m0/s1. The van der Waals surface area contributed by atoms with Gasteiger partial charge in [-0.2, -0.15) is 0 Å². The van der Waals surface area contributed by atoms with Crippen LogP contribution < -0.4 is 0 Å². The second-order valence-electron chi connectivity index (χ2n) is 11.9. The van der Waals surface area contributed by atoms with Crippen molar-refractivity contribution < 1.29 is 47.8 Å². The van der Waals surface area contributed by atoms with E-state index in [1.165, 1.54) is 44.9 Å². The summed E-state index contributed by atoms with van der Waals surface area (Å²) in [6, 6.07) is 0. The summed E-state index contributed by atoms with van der Waals surface area (Å²) in [4.78, 5) is 34.6. The van der Waals surface area contributed by atoms with E-state index in [0.29, 0.717) is 12.8 Å². The van der Waals surface area contributed by atoms with Crippen LogP contribution in [-0.2, 0) is 32.7 Å². The molecule has 0 aromatic heterocycles. The summed E-state index contributed by atoms with van der Waals surface area (Å²) >= 11 is 0. The maximum atomic E-state index is 12.5. The van der Waals surface area contributed by atoms with Crippen LogP contribution >= 0.6 is 7.82 Å². The van der Waals surface area contributed by atoms with E-state index < -0.39 is 51.8 Å². The van der Waals surface area contributed by atoms with Gasteiger partial charge in [-0.05, 0) is 38.5 Å². The molecule has 3 atom stereocenters. The van der Waals surface area contributed by atoms with Crippen LogP contribution in [0.3, 0.4) is 0 Å². The van der Waals surface area contributed by atoms with E-state index in [2.05, 4.69) is 42.7 Å². The van der Waals surface area contributed by atoms with E-state index in [1.807, 2.05) is 0 Å². The van der Waals surface area contributed by atoms with Crippen LogP contribution in [0, 0.1) is 0 Å². The summed E-state index contributed by atoms with van der Waals surface area (Å²) in [7, 11) is -4.61. The lowest BCUT2D eigenvalue weighted by atomic mass is 10.1. The lowest BCUT2D eigenvalue weighted by Gasteiger charge is -2.20. The number of unbranched alkanes of at least 4 members (excludes halogenated alkanes) is 15. The zero-order valence-corrected chi connectivity index (χ0v) is 29.7. The molecule has 46 heavy (non-hydrogen) atoms. The van der Waals surface area contributed by atoms with Gasteiger partial charge in [-0.1, -0.05) is 122 Å². The monoisotopic (exact) mass is 676 g/mol. The molecule has 0 aromatic carbocycles. The third-order valence-corrected chi connectivity index (χ3v) is 8.31. The first-order valence-electron chi connectivity index (χ1n) is 17.8. The fourth-order valence-corrected chi connectivity index (χ4v) is 5.33. The van der Waals surface area contributed by atoms with Crippen LogP contribution in [0.2, 0.25) is 0 Å². The van der Waals surface area contributed by atoms with Crippen LogP contribution in [0.1, 0.15) is 149 Å². The van der Waals surface area contributed by atoms with Crippen LogP contribution in [0.25, 0.3) is 0 Å². The molecule has 0 spiro atoms. The fraction of sp³-hybridized carbons (Fsp3) is 0.829. The van der Waals surface area contributed by atoms with Gasteiger partial charge in [0.15, 0.2) is 6.10 Å². The number of phosphoric acid groups is 1. The SMILES string of the molecule is CCCC/C=C\C/C=C\CCCCCCCC(=O)O[C@H](COC(=O)CCCCCCCCCCC)COP(=O)(O)OC[C@@H](O)CO. The Hall–Kier alpha value is -1.55. The highest BCUT2D eigenvalue weighted by Gasteiger charge is 2.27. The van der Waals surface area contributed by atoms with Crippen LogP contribution in [-0.4, -0.2) is 65.7 Å². The van der Waals surface area contributed by atoms with E-state index in [1.54, 1.807) is 0 Å². The molecule has 0 fully saturated rings. The molecule has 0 amide bonds. The molecule has 0 saturated carbocycles. The summed E-state index contributed by atoms with van der Waals surface area (Å²) in [6.45, 7) is 2.27. The molecule has 1 unspecified atom stereocenters. The first kappa shape index (κ1) is 44.5. The number of carbonyl (C=O) groups excluding carboxylic acids is 2. The molecule has 270 valence electrons. The quantitative estimate of drug-likeness (QED) is 0.0268. The van der Waals surface area contributed by atoms with E-state index >= 15 is 0 Å². The van der Waals surface area contributed by atoms with E-state index in [4.69, 9.17) is 19.1 Å². The Morgan fingerprint density at radius 3 is 1.74 bits per heavy atom. The van der Waals surface area contributed by atoms with Crippen molar-refractivity contribution in [2.45, 2.75) is 161 Å². The highest BCUT2D eigenvalue weighted by molar-refractivity contribution is 7.47. The van der Waals surface area contributed by atoms with Crippen molar-refractivity contribution >= 4 is 19.8 Å². The van der Waals surface area contributed by atoms with Gasteiger partial charge in [-0.15, -0.1) is 0 Å². The number of esters is 2. The van der Waals surface area contributed by atoms with Crippen LogP contribution in [0.4, 0.5) is 0 Å². The number of phosphoric ester groups is 1. The van der Waals surface area contributed by atoms with E-state index in [0.717, 1.165) is 64.2 Å². The minimum Gasteiger partial charge on any atom is -0.462 e. The average molecular weight is 677 g/mol. The molecule has 0 heterocycles. The molecule has 0 rings (SSSR count). The molecular weight excluding hydrogens is 611 g/mol. The maximum Gasteiger partial charge on any atom is 0.472 e. The first-order chi connectivity index (χ1) is 22.2. The Kier molecular flexibility index (Phi) is 30.9. The van der Waals surface area contributed by atoms with Crippen LogP contribution in [0.15, 0.2) is 24.3 Å². The Morgan fingerprint density at radius 1 is 0.652 bits per heavy atom. The minimum atomic E-state index is -4.61. The molecule has 3 N–H and O–H groups in total. The lowest BCUT2D eigenvalue weighted by molar-refractivity contribution is -0.161. The maximum absolute atomic E-state index is 12.5. The molecule has 0 aromatic rings. The lowest BCUT2D eigenvalue weighted by Crippen LogP contribution is -2.29. The molecule has 0 radical (unpaired) electrons. The Balaban J connectivity index is 4.43. The van der Waals surface area contributed by atoms with E-state index in [-0.39, 0.29) is 19.4 Å². The third kappa shape index (κ3) is 31.1. The number of allylic oxidation sites excluding steroid dienone is 4. The van der Waals surface area contributed by atoms with Crippen molar-refractivity contribution in [2.75, 3.05) is 26.4 Å². The van der Waals surface area contributed by atoms with Gasteiger partial charge >= 0.3 is 19.8 Å². The van der Waals surface area contributed by atoms with Gasteiger partial charge in [0, 0.05) is 12.8 Å². The van der Waals surface area contributed by atoms with Gasteiger partial charge in [-0.25, -0.2) is 4.57 Å². The smallest absolute Gasteiger partial charge is 0.462 e. The first-order valence-corrected chi connectivity index (χ1v) is 19.3. The molecule has 0 aliphatic carbocycles. The van der Waals surface area contributed by atoms with Gasteiger partial charge in [0.1, 0.15) is 12.7 Å². The highest BCUT2D eigenvalue weighted by atomic mass is 31.2. The molecule has 0 aliphatic heterocycles. The minimum absolute atomic E-state index is 0.170. The van der Waals surface area contributed by atoms with Crippen molar-refractivity contribution in [1.29, 1.82) is 0 Å². The summed E-state index contributed by atoms with van der Waals surface area (Å²) in [5, 5.41) is 18.2. The van der Waals surface area contributed by atoms with Crippen molar-refractivity contribution in [3.63, 3.8) is 0 Å². The summed E-state index contributed by atoms with van der Waals surface area (Å²) in [5.74, 6) is -0.945. The molecule has 11 heteroatoms. The van der Waals surface area contributed by atoms with Gasteiger partial charge in [-0.3, -0.25) is 18.6 Å². The number of aliphatic hydroxyl groups is 2. The van der Waals surface area contributed by atoms with Gasteiger partial charge in [0.2, 0.25) is 0 Å². The predicted octanol–water partition coefficient (Wildman–Crippen LogP) is 8.27. The van der Waals surface area contributed by atoms with E-state index in [9.17, 15) is 24.2 Å². The third-order valence-electron chi connectivity index (χ3n) is 7.36. The van der Waals surface area contributed by atoms with Gasteiger partial charge < -0.3 is 24.6 Å². The fourth-order valence-electron chi connectivity index (χ4n) is 4.54. The largest absolute Gasteiger partial charge is 0.472 e. The highest BCUT2D eigenvalue weighted by Crippen LogP contribution is 2.43. The molecule has 0 saturated heterocycles. The number of hydrogen-bond acceptors (Lipinski definition) is 9. The second-order valence-corrected chi connectivity index (χ2v) is 13.4. The Bertz CT molecular complexity index is 832. The van der Waals surface area contributed by atoms with Crippen molar-refractivity contribution in [2.24, 2.45) is 0 Å². The molecule has 0 aliphatic rings. The zero-order valence-electron chi connectivity index (χ0n) is 28.8. The summed E-state index contributed by atoms with van der Waals surface area (Å²) < 4.78 is 32.4. The normalized spacial score (nSPS) is 14.5. The van der Waals surface area contributed by atoms with Crippen molar-refractivity contribution in [3.05, 3.63) is 24.3 Å². The van der Waals surface area contributed by atoms with Crippen molar-refractivity contribution in [3.8, 4) is 0 Å². The number of aliphatic hydroxyl groups excluding tert-OH is 2. The molecule has 0 bridgehead atoms. The molecule has 10 nitrogen and oxygen atoms in total. The average Bonchev–Trinajstić information content (AvgIpc) is 3.04.